The maximum Gasteiger partial charge on any atom is 0.0794 e. The molecule has 2 aliphatic heterocycles. The average Bonchev–Trinajstić information content (AvgIpc) is 2.31. The first-order valence-electron chi connectivity index (χ1n) is 3.86. The highest BCUT2D eigenvalue weighted by molar-refractivity contribution is 4.86. The summed E-state index contributed by atoms with van der Waals surface area (Å²) in [7, 11) is 0. The maximum absolute atomic E-state index is 9.00. The van der Waals surface area contributed by atoms with Gasteiger partial charge in [-0.3, -0.25) is 4.90 Å². The molecular formula is C7H13NO2. The van der Waals surface area contributed by atoms with Gasteiger partial charge in [0.2, 0.25) is 0 Å². The Morgan fingerprint density at radius 3 is 2.70 bits per heavy atom. The topological polar surface area (TPSA) is 32.7 Å². The van der Waals surface area contributed by atoms with Crippen molar-refractivity contribution in [1.29, 1.82) is 0 Å². The van der Waals surface area contributed by atoms with Crippen LogP contribution in [0.3, 0.4) is 0 Å². The van der Waals surface area contributed by atoms with Gasteiger partial charge in [-0.15, -0.1) is 0 Å². The highest BCUT2D eigenvalue weighted by Crippen LogP contribution is 2.18. The molecule has 0 amide bonds. The van der Waals surface area contributed by atoms with E-state index >= 15 is 0 Å². The minimum absolute atomic E-state index is 0.0689. The third-order valence-electron chi connectivity index (χ3n) is 2.31. The van der Waals surface area contributed by atoms with Crippen LogP contribution in [0.4, 0.5) is 0 Å². The molecule has 58 valence electrons. The van der Waals surface area contributed by atoms with Crippen molar-refractivity contribution < 1.29 is 9.84 Å². The van der Waals surface area contributed by atoms with Gasteiger partial charge >= 0.3 is 0 Å². The van der Waals surface area contributed by atoms with Gasteiger partial charge in [0.05, 0.1) is 12.7 Å². The molecule has 10 heavy (non-hydrogen) atoms. The first-order chi connectivity index (χ1) is 4.86. The van der Waals surface area contributed by atoms with Crippen LogP contribution in [0, 0.1) is 0 Å². The molecular weight excluding hydrogens is 130 g/mol. The fourth-order valence-electron chi connectivity index (χ4n) is 1.60. The third kappa shape index (κ3) is 1.05. The molecule has 2 heterocycles. The summed E-state index contributed by atoms with van der Waals surface area (Å²) in [6, 6.07) is 0.600. The largest absolute Gasteiger partial charge is 0.390 e. The van der Waals surface area contributed by atoms with Crippen LogP contribution in [0.25, 0.3) is 0 Å². The molecule has 0 unspecified atom stereocenters. The van der Waals surface area contributed by atoms with Gasteiger partial charge in [-0.25, -0.2) is 0 Å². The number of likely N-dealkylation sites (tertiary alicyclic amines) is 1. The van der Waals surface area contributed by atoms with Gasteiger partial charge in [-0.2, -0.15) is 0 Å². The molecule has 2 saturated heterocycles. The molecule has 0 bridgehead atoms. The van der Waals surface area contributed by atoms with Gasteiger partial charge in [0.1, 0.15) is 0 Å². The van der Waals surface area contributed by atoms with Crippen molar-refractivity contribution in [3.05, 3.63) is 0 Å². The Labute approximate surface area is 60.6 Å². The Kier molecular flexibility index (Phi) is 1.64. The van der Waals surface area contributed by atoms with Crippen molar-refractivity contribution in [1.82, 2.24) is 4.90 Å². The van der Waals surface area contributed by atoms with Crippen LogP contribution >= 0.6 is 0 Å². The van der Waals surface area contributed by atoms with Gasteiger partial charge in [0.15, 0.2) is 0 Å². The normalized spacial score (nSPS) is 36.3. The van der Waals surface area contributed by atoms with Crippen molar-refractivity contribution in [2.24, 2.45) is 0 Å². The van der Waals surface area contributed by atoms with E-state index in [1.54, 1.807) is 0 Å². The van der Waals surface area contributed by atoms with E-state index in [0.717, 1.165) is 32.7 Å². The van der Waals surface area contributed by atoms with Crippen molar-refractivity contribution in [3.63, 3.8) is 0 Å². The van der Waals surface area contributed by atoms with Crippen LogP contribution in [-0.4, -0.2) is 48.5 Å². The average molecular weight is 143 g/mol. The molecule has 3 nitrogen and oxygen atoms in total. The number of hydrogen-bond donors (Lipinski definition) is 1. The van der Waals surface area contributed by atoms with Crippen LogP contribution in [0.2, 0.25) is 0 Å². The SMILES string of the molecule is OC1CN([C@@H]2CCOC2)C1. The Morgan fingerprint density at radius 1 is 1.40 bits per heavy atom. The highest BCUT2D eigenvalue weighted by Gasteiger charge is 2.32. The number of aliphatic hydroxyl groups excluding tert-OH is 1. The Morgan fingerprint density at radius 2 is 2.20 bits per heavy atom. The number of nitrogens with zero attached hydrogens (tertiary/aromatic N) is 1. The standard InChI is InChI=1S/C7H13NO2/c9-7-3-8(4-7)6-1-2-10-5-6/h6-7,9H,1-5H2/t6-/m1/s1. The lowest BCUT2D eigenvalue weighted by atomic mass is 10.1. The molecule has 0 aliphatic carbocycles. The predicted molar refractivity (Wildman–Crippen MR) is 36.8 cm³/mol. The van der Waals surface area contributed by atoms with Gasteiger partial charge in [-0.05, 0) is 6.42 Å². The Hall–Kier alpha value is -0.120. The van der Waals surface area contributed by atoms with E-state index < -0.39 is 0 Å². The fourth-order valence-corrected chi connectivity index (χ4v) is 1.60. The van der Waals surface area contributed by atoms with E-state index in [1.165, 1.54) is 0 Å². The fraction of sp³-hybridized carbons (Fsp3) is 1.00. The maximum atomic E-state index is 9.00. The lowest BCUT2D eigenvalue weighted by Gasteiger charge is -2.39. The minimum Gasteiger partial charge on any atom is -0.390 e. The summed E-state index contributed by atoms with van der Waals surface area (Å²) in [5.74, 6) is 0. The van der Waals surface area contributed by atoms with Crippen molar-refractivity contribution in [2.45, 2.75) is 18.6 Å². The smallest absolute Gasteiger partial charge is 0.0794 e. The molecule has 2 rings (SSSR count). The number of ether oxygens (including phenoxy) is 1. The van der Waals surface area contributed by atoms with Gasteiger partial charge < -0.3 is 9.84 Å². The zero-order valence-electron chi connectivity index (χ0n) is 5.99. The van der Waals surface area contributed by atoms with E-state index in [4.69, 9.17) is 9.84 Å². The number of rotatable bonds is 1. The summed E-state index contributed by atoms with van der Waals surface area (Å²) in [5, 5.41) is 9.00. The minimum atomic E-state index is -0.0689. The van der Waals surface area contributed by atoms with Crippen LogP contribution in [-0.2, 0) is 4.74 Å². The molecule has 0 spiro atoms. The molecule has 0 aromatic heterocycles. The number of aliphatic hydroxyl groups is 1. The van der Waals surface area contributed by atoms with E-state index in [1.807, 2.05) is 0 Å². The molecule has 0 saturated carbocycles. The van der Waals surface area contributed by atoms with Crippen molar-refractivity contribution >= 4 is 0 Å². The summed E-state index contributed by atoms with van der Waals surface area (Å²) in [6.07, 6.45) is 1.08. The zero-order chi connectivity index (χ0) is 6.97. The highest BCUT2D eigenvalue weighted by atomic mass is 16.5. The monoisotopic (exact) mass is 143 g/mol. The van der Waals surface area contributed by atoms with E-state index in [2.05, 4.69) is 4.90 Å². The summed E-state index contributed by atoms with van der Waals surface area (Å²) in [6.45, 7) is 3.48. The first kappa shape index (κ1) is 6.58. The van der Waals surface area contributed by atoms with Crippen molar-refractivity contribution in [3.8, 4) is 0 Å². The van der Waals surface area contributed by atoms with Gasteiger partial charge in [0.25, 0.3) is 0 Å². The molecule has 3 heteroatoms. The van der Waals surface area contributed by atoms with Gasteiger partial charge in [0, 0.05) is 25.7 Å². The summed E-state index contributed by atoms with van der Waals surface area (Å²) in [4.78, 5) is 2.29. The number of hydrogen-bond acceptors (Lipinski definition) is 3. The summed E-state index contributed by atoms with van der Waals surface area (Å²) in [5.41, 5.74) is 0. The lowest BCUT2D eigenvalue weighted by molar-refractivity contribution is -0.0261. The zero-order valence-corrected chi connectivity index (χ0v) is 5.99. The third-order valence-corrected chi connectivity index (χ3v) is 2.31. The second kappa shape index (κ2) is 2.49. The van der Waals surface area contributed by atoms with Crippen LogP contribution in [0.5, 0.6) is 0 Å². The summed E-state index contributed by atoms with van der Waals surface area (Å²) < 4.78 is 5.23. The van der Waals surface area contributed by atoms with Crippen LogP contribution in [0.15, 0.2) is 0 Å². The van der Waals surface area contributed by atoms with E-state index in [9.17, 15) is 0 Å². The number of β-amino-alcohol motifs (C(OH)–C–C–N with tert-alkyl or cyclic N) is 1. The Bertz CT molecular complexity index is 117. The van der Waals surface area contributed by atoms with Crippen LogP contribution in [0.1, 0.15) is 6.42 Å². The molecule has 2 aliphatic rings. The van der Waals surface area contributed by atoms with Crippen molar-refractivity contribution in [2.75, 3.05) is 26.3 Å². The molecule has 0 aromatic rings. The second-order valence-electron chi connectivity index (χ2n) is 3.13. The lowest BCUT2D eigenvalue weighted by Crippen LogP contribution is -2.55. The predicted octanol–water partition coefficient (Wildman–Crippen LogP) is -0.548. The second-order valence-corrected chi connectivity index (χ2v) is 3.13. The summed E-state index contributed by atoms with van der Waals surface area (Å²) >= 11 is 0. The molecule has 0 aromatic carbocycles. The van der Waals surface area contributed by atoms with Crippen LogP contribution < -0.4 is 0 Å². The quantitative estimate of drug-likeness (QED) is 0.534. The Balaban J connectivity index is 1.78. The van der Waals surface area contributed by atoms with E-state index in [0.29, 0.717) is 6.04 Å². The molecule has 2 fully saturated rings. The molecule has 1 atom stereocenters. The molecule has 0 radical (unpaired) electrons. The van der Waals surface area contributed by atoms with E-state index in [-0.39, 0.29) is 6.10 Å². The van der Waals surface area contributed by atoms with Gasteiger partial charge in [-0.1, -0.05) is 0 Å². The molecule has 1 N–H and O–H groups in total. The first-order valence-corrected chi connectivity index (χ1v) is 3.86.